The zero-order valence-corrected chi connectivity index (χ0v) is 14.9. The first kappa shape index (κ1) is 17.6. The summed E-state index contributed by atoms with van der Waals surface area (Å²) in [6.07, 6.45) is 6.50. The summed E-state index contributed by atoms with van der Waals surface area (Å²) in [5, 5.41) is 10.9. The molecule has 3 aromatic rings. The molecule has 0 saturated carbocycles. The predicted molar refractivity (Wildman–Crippen MR) is 103 cm³/mol. The normalized spacial score (nSPS) is 18.4. The number of aromatic nitrogens is 2. The maximum absolute atomic E-state index is 12.9. The molecule has 0 spiro atoms. The predicted octanol–water partition coefficient (Wildman–Crippen LogP) is 3.10. The summed E-state index contributed by atoms with van der Waals surface area (Å²) in [7, 11) is 0. The van der Waals surface area contributed by atoms with Crippen molar-refractivity contribution in [3.8, 4) is 0 Å². The van der Waals surface area contributed by atoms with Crippen LogP contribution in [0.5, 0.6) is 0 Å². The van der Waals surface area contributed by atoms with Crippen LogP contribution in [0.2, 0.25) is 0 Å². The number of hydrogen-bond acceptors (Lipinski definition) is 5. The number of aliphatic hydroxyl groups is 1. The van der Waals surface area contributed by atoms with Crippen LogP contribution >= 0.6 is 0 Å². The van der Waals surface area contributed by atoms with E-state index in [2.05, 4.69) is 9.97 Å². The third-order valence-corrected chi connectivity index (χ3v) is 4.68. The highest BCUT2D eigenvalue weighted by molar-refractivity contribution is 6.46. The van der Waals surface area contributed by atoms with Crippen molar-refractivity contribution in [3.63, 3.8) is 0 Å². The SMILES string of the molecule is O=C1C(=O)N(Cc2cccnc2)C(c2ccncc2)C1=C(O)c1ccccc1. The van der Waals surface area contributed by atoms with E-state index in [9.17, 15) is 14.7 Å². The minimum Gasteiger partial charge on any atom is -0.507 e. The Morgan fingerprint density at radius 1 is 0.929 bits per heavy atom. The molecule has 138 valence electrons. The lowest BCUT2D eigenvalue weighted by Crippen LogP contribution is -2.29. The number of hydrogen-bond donors (Lipinski definition) is 1. The first-order valence-electron chi connectivity index (χ1n) is 8.79. The van der Waals surface area contributed by atoms with E-state index in [0.29, 0.717) is 11.1 Å². The van der Waals surface area contributed by atoms with E-state index in [1.165, 1.54) is 4.90 Å². The smallest absolute Gasteiger partial charge is 0.295 e. The number of amides is 1. The van der Waals surface area contributed by atoms with Gasteiger partial charge in [0.1, 0.15) is 5.76 Å². The minimum absolute atomic E-state index is 0.0753. The van der Waals surface area contributed by atoms with Crippen LogP contribution < -0.4 is 0 Å². The van der Waals surface area contributed by atoms with E-state index >= 15 is 0 Å². The zero-order valence-electron chi connectivity index (χ0n) is 14.9. The van der Waals surface area contributed by atoms with E-state index in [-0.39, 0.29) is 17.9 Å². The molecule has 1 atom stereocenters. The number of likely N-dealkylation sites (tertiary alicyclic amines) is 1. The number of aliphatic hydroxyl groups excluding tert-OH is 1. The van der Waals surface area contributed by atoms with Crippen molar-refractivity contribution in [1.29, 1.82) is 0 Å². The van der Waals surface area contributed by atoms with Crippen molar-refractivity contribution in [2.45, 2.75) is 12.6 Å². The third kappa shape index (κ3) is 3.16. The Kier molecular flexibility index (Phi) is 4.68. The van der Waals surface area contributed by atoms with E-state index in [1.54, 1.807) is 67.3 Å². The van der Waals surface area contributed by atoms with Gasteiger partial charge in [0.15, 0.2) is 0 Å². The van der Waals surface area contributed by atoms with Gasteiger partial charge in [0.2, 0.25) is 0 Å². The number of carbonyl (C=O) groups is 2. The lowest BCUT2D eigenvalue weighted by Gasteiger charge is -2.25. The molecule has 6 heteroatoms. The van der Waals surface area contributed by atoms with Crippen LogP contribution in [0.4, 0.5) is 0 Å². The van der Waals surface area contributed by atoms with Crippen molar-refractivity contribution in [2.24, 2.45) is 0 Å². The van der Waals surface area contributed by atoms with Crippen molar-refractivity contribution in [2.75, 3.05) is 0 Å². The van der Waals surface area contributed by atoms with Crippen molar-refractivity contribution < 1.29 is 14.7 Å². The molecular formula is C22H17N3O3. The van der Waals surface area contributed by atoms with Crippen LogP contribution in [0.25, 0.3) is 5.76 Å². The lowest BCUT2D eigenvalue weighted by atomic mass is 9.96. The van der Waals surface area contributed by atoms with Gasteiger partial charge in [0, 0.05) is 36.9 Å². The van der Waals surface area contributed by atoms with Gasteiger partial charge >= 0.3 is 0 Å². The molecule has 4 rings (SSSR count). The number of carbonyl (C=O) groups excluding carboxylic acids is 2. The quantitative estimate of drug-likeness (QED) is 0.433. The van der Waals surface area contributed by atoms with Crippen molar-refractivity contribution in [3.05, 3.63) is 102 Å². The Hall–Kier alpha value is -3.80. The van der Waals surface area contributed by atoms with Gasteiger partial charge in [-0.15, -0.1) is 0 Å². The second-order valence-corrected chi connectivity index (χ2v) is 6.43. The van der Waals surface area contributed by atoms with Gasteiger partial charge < -0.3 is 10.0 Å². The summed E-state index contributed by atoms with van der Waals surface area (Å²) >= 11 is 0. The van der Waals surface area contributed by atoms with Gasteiger partial charge in [0.25, 0.3) is 11.7 Å². The molecule has 1 saturated heterocycles. The topological polar surface area (TPSA) is 83.4 Å². The highest BCUT2D eigenvalue weighted by Crippen LogP contribution is 2.39. The second kappa shape index (κ2) is 7.44. The first-order valence-corrected chi connectivity index (χ1v) is 8.79. The number of rotatable bonds is 4. The summed E-state index contributed by atoms with van der Waals surface area (Å²) in [5.41, 5.74) is 2.06. The molecule has 1 aliphatic heterocycles. The fraction of sp³-hybridized carbons (Fsp3) is 0.0909. The highest BCUT2D eigenvalue weighted by atomic mass is 16.3. The van der Waals surface area contributed by atoms with Gasteiger partial charge in [-0.2, -0.15) is 0 Å². The average molecular weight is 371 g/mol. The fourth-order valence-corrected chi connectivity index (χ4v) is 3.38. The molecule has 1 unspecified atom stereocenters. The number of nitrogens with zero attached hydrogens (tertiary/aromatic N) is 3. The molecule has 0 bridgehead atoms. The average Bonchev–Trinajstić information content (AvgIpc) is 3.00. The Bertz CT molecular complexity index is 1030. The van der Waals surface area contributed by atoms with Gasteiger partial charge in [-0.25, -0.2) is 0 Å². The van der Waals surface area contributed by atoms with E-state index in [0.717, 1.165) is 5.56 Å². The molecule has 1 aliphatic rings. The van der Waals surface area contributed by atoms with E-state index in [4.69, 9.17) is 0 Å². The molecular weight excluding hydrogens is 354 g/mol. The summed E-state index contributed by atoms with van der Waals surface area (Å²) in [4.78, 5) is 35.3. The van der Waals surface area contributed by atoms with E-state index in [1.807, 2.05) is 12.1 Å². The monoisotopic (exact) mass is 371 g/mol. The van der Waals surface area contributed by atoms with Gasteiger partial charge in [0.05, 0.1) is 11.6 Å². The standard InChI is InChI=1S/C22H17N3O3/c26-20(17-6-2-1-3-7-17)18-19(16-8-11-23-12-9-16)25(22(28)21(18)27)14-15-5-4-10-24-13-15/h1-13,19,26H,14H2. The lowest BCUT2D eigenvalue weighted by molar-refractivity contribution is -0.140. The molecule has 0 aliphatic carbocycles. The molecule has 1 amide bonds. The van der Waals surface area contributed by atoms with Crippen LogP contribution in [0, 0.1) is 0 Å². The molecule has 6 nitrogen and oxygen atoms in total. The maximum atomic E-state index is 12.9. The molecule has 1 aromatic carbocycles. The Morgan fingerprint density at radius 3 is 2.36 bits per heavy atom. The van der Waals surface area contributed by atoms with Gasteiger partial charge in [-0.3, -0.25) is 19.6 Å². The van der Waals surface area contributed by atoms with Crippen LogP contribution in [0.15, 0.2) is 85.0 Å². The Morgan fingerprint density at radius 2 is 1.68 bits per heavy atom. The third-order valence-electron chi connectivity index (χ3n) is 4.68. The number of pyridine rings is 2. The van der Waals surface area contributed by atoms with Gasteiger partial charge in [-0.05, 0) is 29.3 Å². The molecule has 1 fully saturated rings. The number of benzene rings is 1. The van der Waals surface area contributed by atoms with Gasteiger partial charge in [-0.1, -0.05) is 36.4 Å². The Labute approximate surface area is 161 Å². The summed E-state index contributed by atoms with van der Waals surface area (Å²) in [6, 6.07) is 15.1. The number of Topliss-reactive ketones (excluding diaryl/α,β-unsaturated/α-hetero) is 1. The van der Waals surface area contributed by atoms with Crippen molar-refractivity contribution >= 4 is 17.4 Å². The maximum Gasteiger partial charge on any atom is 0.295 e. The number of ketones is 1. The summed E-state index contributed by atoms with van der Waals surface area (Å²) in [6.45, 7) is 0.205. The zero-order chi connectivity index (χ0) is 19.5. The fourth-order valence-electron chi connectivity index (χ4n) is 3.38. The largest absolute Gasteiger partial charge is 0.507 e. The van der Waals surface area contributed by atoms with Crippen LogP contribution in [0.3, 0.4) is 0 Å². The molecule has 28 heavy (non-hydrogen) atoms. The molecule has 2 aromatic heterocycles. The molecule has 3 heterocycles. The van der Waals surface area contributed by atoms with Crippen LogP contribution in [-0.2, 0) is 16.1 Å². The summed E-state index contributed by atoms with van der Waals surface area (Å²) in [5.74, 6) is -1.54. The highest BCUT2D eigenvalue weighted by Gasteiger charge is 2.46. The molecule has 0 radical (unpaired) electrons. The van der Waals surface area contributed by atoms with Crippen LogP contribution in [0.1, 0.15) is 22.7 Å². The van der Waals surface area contributed by atoms with E-state index < -0.39 is 17.7 Å². The van der Waals surface area contributed by atoms with Crippen LogP contribution in [-0.4, -0.2) is 31.7 Å². The Balaban J connectivity index is 1.85. The van der Waals surface area contributed by atoms with Crippen molar-refractivity contribution in [1.82, 2.24) is 14.9 Å². The minimum atomic E-state index is -0.705. The second-order valence-electron chi connectivity index (χ2n) is 6.43. The molecule has 1 N–H and O–H groups in total. The summed E-state index contributed by atoms with van der Waals surface area (Å²) < 4.78 is 0. The first-order chi connectivity index (χ1) is 13.7.